The number of rotatable bonds is 6. The Morgan fingerprint density at radius 1 is 1.10 bits per heavy atom. The Bertz CT molecular complexity index is 593. The molecule has 4 heteroatoms. The average Bonchev–Trinajstić information content (AvgIpc) is 2.54. The lowest BCUT2D eigenvalue weighted by Crippen LogP contribution is -2.07. The minimum absolute atomic E-state index is 0.321. The molecule has 0 saturated heterocycles. The van der Waals surface area contributed by atoms with Crippen LogP contribution in [0.1, 0.15) is 21.5 Å². The van der Waals surface area contributed by atoms with Gasteiger partial charge in [0.25, 0.3) is 0 Å². The monoisotopic (exact) mass is 285 g/mol. The number of nitrogens with two attached hydrogens (primary N) is 1. The van der Waals surface area contributed by atoms with Crippen LogP contribution in [-0.4, -0.2) is 19.6 Å². The maximum Gasteiger partial charge on any atom is 0.338 e. The van der Waals surface area contributed by atoms with Crippen molar-refractivity contribution in [2.75, 3.05) is 13.7 Å². The molecule has 0 bridgehead atoms. The van der Waals surface area contributed by atoms with Gasteiger partial charge in [-0.15, -0.1) is 0 Å². The standard InChI is InChI=1S/C17H19NO3/c1-20-17(19)16-5-3-2-4-14(16)12-21-15-8-6-13(7-9-15)10-11-18/h2-9H,10-12,18H2,1H3. The Balaban J connectivity index is 2.04. The molecule has 0 aliphatic heterocycles. The Morgan fingerprint density at radius 2 is 1.81 bits per heavy atom. The molecule has 2 rings (SSSR count). The van der Waals surface area contributed by atoms with E-state index in [4.69, 9.17) is 15.2 Å². The van der Waals surface area contributed by atoms with Crippen molar-refractivity contribution in [3.05, 3.63) is 65.2 Å². The second-order valence-electron chi connectivity index (χ2n) is 4.62. The molecule has 0 amide bonds. The fourth-order valence-electron chi connectivity index (χ4n) is 2.04. The molecule has 0 atom stereocenters. The highest BCUT2D eigenvalue weighted by Crippen LogP contribution is 2.17. The van der Waals surface area contributed by atoms with Gasteiger partial charge in [-0.3, -0.25) is 0 Å². The van der Waals surface area contributed by atoms with Gasteiger partial charge in [-0.25, -0.2) is 4.79 Å². The first-order valence-corrected chi connectivity index (χ1v) is 6.82. The highest BCUT2D eigenvalue weighted by molar-refractivity contribution is 5.90. The molecule has 0 aliphatic rings. The third-order valence-corrected chi connectivity index (χ3v) is 3.17. The van der Waals surface area contributed by atoms with E-state index in [0.29, 0.717) is 18.7 Å². The molecule has 0 heterocycles. The molecule has 0 unspecified atom stereocenters. The molecular formula is C17H19NO3. The zero-order chi connectivity index (χ0) is 15.1. The summed E-state index contributed by atoms with van der Waals surface area (Å²) in [5.74, 6) is 0.405. The van der Waals surface area contributed by atoms with E-state index in [1.807, 2.05) is 36.4 Å². The fraction of sp³-hybridized carbons (Fsp3) is 0.235. The summed E-state index contributed by atoms with van der Waals surface area (Å²) < 4.78 is 10.5. The van der Waals surface area contributed by atoms with Gasteiger partial charge in [0.1, 0.15) is 12.4 Å². The number of benzene rings is 2. The molecule has 4 nitrogen and oxygen atoms in total. The molecular weight excluding hydrogens is 266 g/mol. The summed E-state index contributed by atoms with van der Waals surface area (Å²) in [7, 11) is 1.37. The van der Waals surface area contributed by atoms with Gasteiger partial charge in [-0.2, -0.15) is 0 Å². The smallest absolute Gasteiger partial charge is 0.338 e. The molecule has 0 aromatic heterocycles. The van der Waals surface area contributed by atoms with Crippen molar-refractivity contribution in [1.29, 1.82) is 0 Å². The van der Waals surface area contributed by atoms with Crippen molar-refractivity contribution in [2.24, 2.45) is 5.73 Å². The van der Waals surface area contributed by atoms with E-state index < -0.39 is 0 Å². The van der Waals surface area contributed by atoms with Gasteiger partial charge in [0.2, 0.25) is 0 Å². The third-order valence-electron chi connectivity index (χ3n) is 3.17. The molecule has 110 valence electrons. The number of hydrogen-bond acceptors (Lipinski definition) is 4. The highest BCUT2D eigenvalue weighted by Gasteiger charge is 2.11. The van der Waals surface area contributed by atoms with Crippen molar-refractivity contribution < 1.29 is 14.3 Å². The first-order chi connectivity index (χ1) is 10.2. The van der Waals surface area contributed by atoms with Gasteiger partial charge in [0, 0.05) is 5.56 Å². The minimum atomic E-state index is -0.354. The van der Waals surface area contributed by atoms with Gasteiger partial charge in [-0.05, 0) is 36.7 Å². The predicted octanol–water partition coefficient (Wildman–Crippen LogP) is 2.55. The van der Waals surface area contributed by atoms with Crippen LogP contribution >= 0.6 is 0 Å². The molecule has 2 N–H and O–H groups in total. The van der Waals surface area contributed by atoms with Crippen LogP contribution in [0.2, 0.25) is 0 Å². The second kappa shape index (κ2) is 7.45. The Labute approximate surface area is 124 Å². The van der Waals surface area contributed by atoms with Crippen LogP contribution in [-0.2, 0) is 17.8 Å². The first-order valence-electron chi connectivity index (χ1n) is 6.82. The average molecular weight is 285 g/mol. The van der Waals surface area contributed by atoms with Crippen LogP contribution in [0.25, 0.3) is 0 Å². The summed E-state index contributed by atoms with van der Waals surface area (Å²) in [6.45, 7) is 0.953. The molecule has 0 aliphatic carbocycles. The lowest BCUT2D eigenvalue weighted by molar-refractivity contribution is 0.0597. The molecule has 2 aromatic carbocycles. The Kier molecular flexibility index (Phi) is 5.35. The summed E-state index contributed by atoms with van der Waals surface area (Å²) in [4.78, 5) is 11.7. The molecule has 0 saturated carbocycles. The van der Waals surface area contributed by atoms with Gasteiger partial charge >= 0.3 is 5.97 Å². The largest absolute Gasteiger partial charge is 0.489 e. The second-order valence-corrected chi connectivity index (χ2v) is 4.62. The molecule has 0 fully saturated rings. The van der Waals surface area contributed by atoms with E-state index in [2.05, 4.69) is 0 Å². The quantitative estimate of drug-likeness (QED) is 0.829. The lowest BCUT2D eigenvalue weighted by Gasteiger charge is -2.10. The van der Waals surface area contributed by atoms with Gasteiger partial charge in [-0.1, -0.05) is 30.3 Å². The molecule has 2 aromatic rings. The number of methoxy groups -OCH3 is 1. The van der Waals surface area contributed by atoms with Crippen molar-refractivity contribution in [1.82, 2.24) is 0 Å². The maximum absolute atomic E-state index is 11.7. The van der Waals surface area contributed by atoms with Crippen LogP contribution in [0, 0.1) is 0 Å². The van der Waals surface area contributed by atoms with E-state index in [0.717, 1.165) is 17.7 Å². The zero-order valence-corrected chi connectivity index (χ0v) is 12.0. The van der Waals surface area contributed by atoms with Crippen LogP contribution < -0.4 is 10.5 Å². The highest BCUT2D eigenvalue weighted by atomic mass is 16.5. The summed E-state index contributed by atoms with van der Waals surface area (Å²) >= 11 is 0. The predicted molar refractivity (Wildman–Crippen MR) is 81.3 cm³/mol. The zero-order valence-electron chi connectivity index (χ0n) is 12.0. The number of carbonyl (C=O) groups is 1. The fourth-order valence-corrected chi connectivity index (χ4v) is 2.04. The minimum Gasteiger partial charge on any atom is -0.489 e. The van der Waals surface area contributed by atoms with E-state index in [1.165, 1.54) is 12.7 Å². The van der Waals surface area contributed by atoms with E-state index in [-0.39, 0.29) is 5.97 Å². The summed E-state index contributed by atoms with van der Waals surface area (Å²) in [6.07, 6.45) is 0.853. The topological polar surface area (TPSA) is 61.5 Å². The van der Waals surface area contributed by atoms with E-state index in [1.54, 1.807) is 12.1 Å². The SMILES string of the molecule is COC(=O)c1ccccc1COc1ccc(CCN)cc1. The number of carbonyl (C=O) groups excluding carboxylic acids is 1. The number of hydrogen-bond donors (Lipinski definition) is 1. The Morgan fingerprint density at radius 3 is 2.48 bits per heavy atom. The van der Waals surface area contributed by atoms with Gasteiger partial charge < -0.3 is 15.2 Å². The van der Waals surface area contributed by atoms with Crippen LogP contribution in [0.3, 0.4) is 0 Å². The van der Waals surface area contributed by atoms with Crippen molar-refractivity contribution >= 4 is 5.97 Å². The summed E-state index contributed by atoms with van der Waals surface area (Å²) in [5, 5.41) is 0. The number of esters is 1. The van der Waals surface area contributed by atoms with Gasteiger partial charge in [0.15, 0.2) is 0 Å². The maximum atomic E-state index is 11.7. The summed E-state index contributed by atoms with van der Waals surface area (Å²) in [5.41, 5.74) is 8.03. The third kappa shape index (κ3) is 4.07. The van der Waals surface area contributed by atoms with Crippen LogP contribution in [0.15, 0.2) is 48.5 Å². The summed E-state index contributed by atoms with van der Waals surface area (Å²) in [6, 6.07) is 15.1. The lowest BCUT2D eigenvalue weighted by atomic mass is 10.1. The van der Waals surface area contributed by atoms with Gasteiger partial charge in [0.05, 0.1) is 12.7 Å². The van der Waals surface area contributed by atoms with E-state index >= 15 is 0 Å². The van der Waals surface area contributed by atoms with E-state index in [9.17, 15) is 4.79 Å². The van der Waals surface area contributed by atoms with Crippen LogP contribution in [0.5, 0.6) is 5.75 Å². The Hall–Kier alpha value is -2.33. The molecule has 0 radical (unpaired) electrons. The number of ether oxygens (including phenoxy) is 2. The van der Waals surface area contributed by atoms with Crippen LogP contribution in [0.4, 0.5) is 0 Å². The van der Waals surface area contributed by atoms with Crippen molar-refractivity contribution in [3.8, 4) is 5.75 Å². The first kappa shape index (κ1) is 15.1. The van der Waals surface area contributed by atoms with Crippen molar-refractivity contribution in [2.45, 2.75) is 13.0 Å². The molecule has 0 spiro atoms. The normalized spacial score (nSPS) is 10.2. The van der Waals surface area contributed by atoms with Crippen molar-refractivity contribution in [3.63, 3.8) is 0 Å². The molecule has 21 heavy (non-hydrogen) atoms.